The molecule has 0 aliphatic carbocycles. The average molecular weight is 285 g/mol. The molecule has 0 heterocycles. The fourth-order valence-electron chi connectivity index (χ4n) is 0.977. The van der Waals surface area contributed by atoms with Crippen LogP contribution >= 0.6 is 46.4 Å². The van der Waals surface area contributed by atoms with Crippen molar-refractivity contribution < 1.29 is 0 Å². The quantitative estimate of drug-likeness (QED) is 0.804. The Hall–Kier alpha value is -0.0800. The van der Waals surface area contributed by atoms with E-state index in [1.54, 1.807) is 12.1 Å². The zero-order chi connectivity index (χ0) is 11.4. The maximum absolute atomic E-state index is 5.98. The van der Waals surface area contributed by atoms with Crippen LogP contribution in [0.25, 0.3) is 0 Å². The lowest BCUT2D eigenvalue weighted by Crippen LogP contribution is -2.03. The predicted molar refractivity (Wildman–Crippen MR) is 69.6 cm³/mol. The minimum atomic E-state index is 0.495. The summed E-state index contributed by atoms with van der Waals surface area (Å²) in [5.41, 5.74) is 3.16. The first-order valence-corrected chi connectivity index (χ1v) is 5.76. The molecular formula is C10H9Cl4N. The summed E-state index contributed by atoms with van der Waals surface area (Å²) in [6.45, 7) is 2.49. The standard InChI is InChI=1S/C10H9Cl4N/c1-6(4-11)5-15-10-8(13)2-7(12)3-9(10)14/h2-4,15H,5H2,1H3. The molecular weight excluding hydrogens is 276 g/mol. The van der Waals surface area contributed by atoms with Crippen molar-refractivity contribution in [2.75, 3.05) is 11.9 Å². The van der Waals surface area contributed by atoms with Crippen LogP contribution in [0.1, 0.15) is 6.92 Å². The summed E-state index contributed by atoms with van der Waals surface area (Å²) in [4.78, 5) is 0. The van der Waals surface area contributed by atoms with Gasteiger partial charge in [0.05, 0.1) is 15.7 Å². The molecule has 0 radical (unpaired) electrons. The molecule has 0 unspecified atom stereocenters. The summed E-state index contributed by atoms with van der Waals surface area (Å²) in [6.07, 6.45) is 0. The molecule has 0 saturated carbocycles. The van der Waals surface area contributed by atoms with E-state index >= 15 is 0 Å². The molecule has 15 heavy (non-hydrogen) atoms. The van der Waals surface area contributed by atoms with Gasteiger partial charge in [0.1, 0.15) is 0 Å². The van der Waals surface area contributed by atoms with Gasteiger partial charge in [-0.25, -0.2) is 0 Å². The van der Waals surface area contributed by atoms with E-state index in [-0.39, 0.29) is 0 Å². The van der Waals surface area contributed by atoms with Crippen molar-refractivity contribution in [3.8, 4) is 0 Å². The summed E-state index contributed by atoms with van der Waals surface area (Å²) in [6, 6.07) is 3.27. The van der Waals surface area contributed by atoms with E-state index in [9.17, 15) is 0 Å². The highest BCUT2D eigenvalue weighted by atomic mass is 35.5. The van der Waals surface area contributed by atoms with E-state index in [2.05, 4.69) is 5.32 Å². The average Bonchev–Trinajstić information content (AvgIpc) is 2.15. The Morgan fingerprint density at radius 1 is 1.27 bits per heavy atom. The minimum Gasteiger partial charge on any atom is -0.379 e. The fraction of sp³-hybridized carbons (Fsp3) is 0.200. The topological polar surface area (TPSA) is 12.0 Å². The Morgan fingerprint density at radius 3 is 2.27 bits per heavy atom. The molecule has 1 rings (SSSR count). The van der Waals surface area contributed by atoms with Crippen LogP contribution in [0, 0.1) is 0 Å². The van der Waals surface area contributed by atoms with Crippen molar-refractivity contribution in [1.82, 2.24) is 0 Å². The summed E-state index contributed by atoms with van der Waals surface area (Å²) in [5, 5.41) is 4.59. The van der Waals surface area contributed by atoms with E-state index in [0.29, 0.717) is 27.3 Å². The van der Waals surface area contributed by atoms with Crippen LogP contribution in [0.2, 0.25) is 15.1 Å². The highest BCUT2D eigenvalue weighted by Crippen LogP contribution is 2.33. The fourth-order valence-corrected chi connectivity index (χ4v) is 2.01. The summed E-state index contributed by atoms with van der Waals surface area (Å²) in [5.74, 6) is 0. The molecule has 0 aliphatic heterocycles. The molecule has 1 aromatic rings. The van der Waals surface area contributed by atoms with E-state index in [4.69, 9.17) is 46.4 Å². The van der Waals surface area contributed by atoms with Crippen molar-refractivity contribution in [1.29, 1.82) is 0 Å². The lowest BCUT2D eigenvalue weighted by molar-refractivity contribution is 1.21. The van der Waals surface area contributed by atoms with Crippen molar-refractivity contribution >= 4 is 52.1 Å². The third-order valence-electron chi connectivity index (χ3n) is 1.74. The number of hydrogen-bond donors (Lipinski definition) is 1. The van der Waals surface area contributed by atoms with E-state index in [0.717, 1.165) is 5.57 Å². The normalized spacial score (nSPS) is 11.7. The van der Waals surface area contributed by atoms with Crippen LogP contribution in [0.5, 0.6) is 0 Å². The number of halogens is 4. The smallest absolute Gasteiger partial charge is 0.0722 e. The molecule has 1 aromatic carbocycles. The second-order valence-corrected chi connectivity index (χ2v) is 4.52. The maximum atomic E-state index is 5.98. The van der Waals surface area contributed by atoms with Gasteiger partial charge in [-0.05, 0) is 24.6 Å². The third-order valence-corrected chi connectivity index (χ3v) is 2.92. The van der Waals surface area contributed by atoms with Crippen LogP contribution < -0.4 is 5.32 Å². The zero-order valence-electron chi connectivity index (χ0n) is 7.95. The SMILES string of the molecule is CC(=CCl)CNc1c(Cl)cc(Cl)cc1Cl. The second kappa shape index (κ2) is 5.86. The van der Waals surface area contributed by atoms with Crippen LogP contribution in [-0.2, 0) is 0 Å². The number of nitrogens with one attached hydrogen (secondary N) is 1. The summed E-state index contributed by atoms with van der Waals surface area (Å²) >= 11 is 23.3. The molecule has 1 nitrogen and oxygen atoms in total. The monoisotopic (exact) mass is 283 g/mol. The molecule has 1 N–H and O–H groups in total. The van der Waals surface area contributed by atoms with Crippen molar-refractivity contribution in [3.63, 3.8) is 0 Å². The Morgan fingerprint density at radius 2 is 1.80 bits per heavy atom. The molecule has 0 atom stereocenters. The van der Waals surface area contributed by atoms with Gasteiger partial charge in [0.25, 0.3) is 0 Å². The first kappa shape index (κ1) is 13.0. The Labute approximate surface area is 109 Å². The largest absolute Gasteiger partial charge is 0.379 e. The van der Waals surface area contributed by atoms with Crippen LogP contribution in [-0.4, -0.2) is 6.54 Å². The highest BCUT2D eigenvalue weighted by Gasteiger charge is 2.06. The molecule has 0 bridgehead atoms. The molecule has 0 saturated heterocycles. The zero-order valence-corrected chi connectivity index (χ0v) is 11.0. The number of benzene rings is 1. The first-order chi connectivity index (χ1) is 7.04. The maximum Gasteiger partial charge on any atom is 0.0722 e. The van der Waals surface area contributed by atoms with Gasteiger partial charge in [-0.1, -0.05) is 46.4 Å². The van der Waals surface area contributed by atoms with Crippen LogP contribution in [0.4, 0.5) is 5.69 Å². The minimum absolute atomic E-state index is 0.495. The third kappa shape index (κ3) is 3.76. The van der Waals surface area contributed by atoms with E-state index in [1.807, 2.05) is 6.92 Å². The summed E-state index contributed by atoms with van der Waals surface area (Å²) < 4.78 is 0. The van der Waals surface area contributed by atoms with Gasteiger partial charge in [0.2, 0.25) is 0 Å². The lowest BCUT2D eigenvalue weighted by atomic mass is 10.3. The van der Waals surface area contributed by atoms with E-state index < -0.39 is 0 Å². The van der Waals surface area contributed by atoms with E-state index in [1.165, 1.54) is 5.54 Å². The molecule has 0 aliphatic rings. The number of rotatable bonds is 3. The van der Waals surface area contributed by atoms with Crippen LogP contribution in [0.3, 0.4) is 0 Å². The first-order valence-electron chi connectivity index (χ1n) is 4.19. The van der Waals surface area contributed by atoms with Gasteiger partial charge in [0.15, 0.2) is 0 Å². The van der Waals surface area contributed by atoms with Crippen molar-refractivity contribution in [2.24, 2.45) is 0 Å². The van der Waals surface area contributed by atoms with Gasteiger partial charge < -0.3 is 5.32 Å². The van der Waals surface area contributed by atoms with Gasteiger partial charge in [-0.3, -0.25) is 0 Å². The van der Waals surface area contributed by atoms with Crippen molar-refractivity contribution in [2.45, 2.75) is 6.92 Å². The molecule has 5 heteroatoms. The lowest BCUT2D eigenvalue weighted by Gasteiger charge is -2.10. The molecule has 0 aromatic heterocycles. The number of anilines is 1. The van der Waals surface area contributed by atoms with Gasteiger partial charge >= 0.3 is 0 Å². The van der Waals surface area contributed by atoms with Crippen molar-refractivity contribution in [3.05, 3.63) is 38.3 Å². The highest BCUT2D eigenvalue weighted by molar-refractivity contribution is 6.41. The van der Waals surface area contributed by atoms with Gasteiger partial charge in [-0.15, -0.1) is 0 Å². The Bertz CT molecular complexity index is 364. The molecule has 0 amide bonds. The second-order valence-electron chi connectivity index (χ2n) is 3.05. The Kier molecular flexibility index (Phi) is 5.07. The molecule has 0 spiro atoms. The predicted octanol–water partition coefficient (Wildman–Crippen LogP) is 5.20. The van der Waals surface area contributed by atoms with Gasteiger partial charge in [-0.2, -0.15) is 0 Å². The summed E-state index contributed by atoms with van der Waals surface area (Å²) in [7, 11) is 0. The van der Waals surface area contributed by atoms with Gasteiger partial charge in [0, 0.05) is 17.1 Å². The number of hydrogen-bond acceptors (Lipinski definition) is 1. The molecule has 82 valence electrons. The van der Waals surface area contributed by atoms with Crippen LogP contribution in [0.15, 0.2) is 23.2 Å². The molecule has 0 fully saturated rings. The Balaban J connectivity index is 2.86.